The van der Waals surface area contributed by atoms with Crippen LogP contribution in [0.15, 0.2) is 24.4 Å². The van der Waals surface area contributed by atoms with Crippen molar-refractivity contribution in [3.8, 4) is 0 Å². The van der Waals surface area contributed by atoms with Crippen molar-refractivity contribution in [3.63, 3.8) is 0 Å². The summed E-state index contributed by atoms with van der Waals surface area (Å²) in [5.74, 6) is -1.30. The van der Waals surface area contributed by atoms with E-state index >= 15 is 0 Å². The number of likely N-dealkylation sites (tertiary alicyclic amines) is 1. The Labute approximate surface area is 105 Å². The van der Waals surface area contributed by atoms with Crippen LogP contribution in [0.2, 0.25) is 0 Å². The van der Waals surface area contributed by atoms with Gasteiger partial charge in [-0.3, -0.25) is 4.79 Å². The van der Waals surface area contributed by atoms with Crippen molar-refractivity contribution >= 4 is 17.8 Å². The van der Waals surface area contributed by atoms with Crippen molar-refractivity contribution in [1.29, 1.82) is 0 Å². The lowest BCUT2D eigenvalue weighted by atomic mass is 10.3. The Hall–Kier alpha value is -2.11. The first-order chi connectivity index (χ1) is 8.54. The molecular weight excluding hydrogens is 238 g/mol. The number of nitrogens with zero attached hydrogens (tertiary/aromatic N) is 1. The number of rotatable bonds is 5. The second-order valence-electron chi connectivity index (χ2n) is 3.64. The monoisotopic (exact) mass is 253 g/mol. The van der Waals surface area contributed by atoms with Gasteiger partial charge in [0.15, 0.2) is 0 Å². The van der Waals surface area contributed by atoms with Crippen LogP contribution in [0.4, 0.5) is 0 Å². The zero-order valence-corrected chi connectivity index (χ0v) is 10.2. The summed E-state index contributed by atoms with van der Waals surface area (Å²) >= 11 is 0. The molecular formula is C12H15NO5. The normalized spacial score (nSPS) is 15.3. The van der Waals surface area contributed by atoms with Gasteiger partial charge < -0.3 is 14.4 Å². The lowest BCUT2D eigenvalue weighted by molar-refractivity contribution is -0.140. The third kappa shape index (κ3) is 4.04. The van der Waals surface area contributed by atoms with Crippen LogP contribution in [0.1, 0.15) is 12.8 Å². The Morgan fingerprint density at radius 2 is 2.00 bits per heavy atom. The van der Waals surface area contributed by atoms with E-state index in [2.05, 4.69) is 11.3 Å². The number of methoxy groups -OCH3 is 1. The topological polar surface area (TPSA) is 72.9 Å². The molecule has 18 heavy (non-hydrogen) atoms. The summed E-state index contributed by atoms with van der Waals surface area (Å²) in [5.41, 5.74) is 0.737. The predicted molar refractivity (Wildman–Crippen MR) is 62.2 cm³/mol. The molecule has 0 unspecified atom stereocenters. The molecule has 0 N–H and O–H groups in total. The van der Waals surface area contributed by atoms with Crippen LogP contribution in [0.25, 0.3) is 0 Å². The van der Waals surface area contributed by atoms with E-state index in [0.29, 0.717) is 12.8 Å². The highest BCUT2D eigenvalue weighted by Crippen LogP contribution is 2.19. The van der Waals surface area contributed by atoms with Gasteiger partial charge in [0.2, 0.25) is 5.91 Å². The van der Waals surface area contributed by atoms with E-state index in [1.807, 2.05) is 0 Å². The van der Waals surface area contributed by atoms with Gasteiger partial charge in [0.05, 0.1) is 13.7 Å². The summed E-state index contributed by atoms with van der Waals surface area (Å²) in [4.78, 5) is 34.7. The molecule has 6 nitrogen and oxygen atoms in total. The molecule has 1 amide bonds. The van der Waals surface area contributed by atoms with Gasteiger partial charge >= 0.3 is 11.9 Å². The fourth-order valence-corrected chi connectivity index (χ4v) is 1.47. The summed E-state index contributed by atoms with van der Waals surface area (Å²) in [7, 11) is 1.21. The molecule has 0 aliphatic carbocycles. The molecule has 6 heteroatoms. The minimum atomic E-state index is -0.655. The molecule has 98 valence electrons. The van der Waals surface area contributed by atoms with Crippen LogP contribution in [0.3, 0.4) is 0 Å². The Morgan fingerprint density at radius 3 is 2.56 bits per heavy atom. The number of amides is 1. The van der Waals surface area contributed by atoms with E-state index in [1.165, 1.54) is 12.0 Å². The van der Waals surface area contributed by atoms with Crippen molar-refractivity contribution in [1.82, 2.24) is 4.90 Å². The van der Waals surface area contributed by atoms with E-state index in [4.69, 9.17) is 4.74 Å². The lowest BCUT2D eigenvalue weighted by Crippen LogP contribution is -2.27. The quantitative estimate of drug-likeness (QED) is 0.523. The second-order valence-corrected chi connectivity index (χ2v) is 3.64. The predicted octanol–water partition coefficient (Wildman–Crippen LogP) is 0.395. The number of hydrogen-bond donors (Lipinski definition) is 0. The number of carbonyl (C=O) groups is 3. The van der Waals surface area contributed by atoms with Crippen molar-refractivity contribution in [2.45, 2.75) is 12.8 Å². The van der Waals surface area contributed by atoms with Crippen LogP contribution in [-0.2, 0) is 23.9 Å². The van der Waals surface area contributed by atoms with Crippen LogP contribution >= 0.6 is 0 Å². The highest BCUT2D eigenvalue weighted by molar-refractivity contribution is 5.91. The van der Waals surface area contributed by atoms with Gasteiger partial charge in [-0.25, -0.2) is 9.59 Å². The molecule has 1 rings (SSSR count). The SMILES string of the molecule is C=C1CCC(=O)N1CCOC(=O)/C=C/C(=O)OC. The maximum Gasteiger partial charge on any atom is 0.331 e. The molecule has 0 spiro atoms. The minimum Gasteiger partial charge on any atom is -0.466 e. The van der Waals surface area contributed by atoms with Crippen molar-refractivity contribution in [2.24, 2.45) is 0 Å². The molecule has 1 aliphatic rings. The molecule has 0 radical (unpaired) electrons. The largest absolute Gasteiger partial charge is 0.466 e. The van der Waals surface area contributed by atoms with E-state index in [0.717, 1.165) is 17.8 Å². The minimum absolute atomic E-state index is 0.0128. The summed E-state index contributed by atoms with van der Waals surface area (Å²) in [5, 5.41) is 0. The average molecular weight is 253 g/mol. The van der Waals surface area contributed by atoms with Gasteiger partial charge in [-0.05, 0) is 6.42 Å². The van der Waals surface area contributed by atoms with Gasteiger partial charge in [-0.2, -0.15) is 0 Å². The van der Waals surface area contributed by atoms with E-state index in [-0.39, 0.29) is 19.1 Å². The molecule has 1 saturated heterocycles. The third-order valence-corrected chi connectivity index (χ3v) is 2.43. The Bertz CT molecular complexity index is 383. The Morgan fingerprint density at radius 1 is 1.33 bits per heavy atom. The first kappa shape index (κ1) is 14.0. The van der Waals surface area contributed by atoms with Crippen molar-refractivity contribution in [3.05, 3.63) is 24.4 Å². The summed E-state index contributed by atoms with van der Waals surface area (Å²) in [6.07, 6.45) is 3.05. The molecule has 0 bridgehead atoms. The van der Waals surface area contributed by atoms with Crippen molar-refractivity contribution < 1.29 is 23.9 Å². The molecule has 1 aliphatic heterocycles. The third-order valence-electron chi connectivity index (χ3n) is 2.43. The molecule has 0 atom stereocenters. The zero-order valence-electron chi connectivity index (χ0n) is 10.2. The highest BCUT2D eigenvalue weighted by Gasteiger charge is 2.23. The fourth-order valence-electron chi connectivity index (χ4n) is 1.47. The van der Waals surface area contributed by atoms with Gasteiger partial charge in [0.25, 0.3) is 0 Å². The molecule has 0 aromatic rings. The van der Waals surface area contributed by atoms with E-state index < -0.39 is 11.9 Å². The zero-order chi connectivity index (χ0) is 13.5. The molecule has 1 heterocycles. The maximum atomic E-state index is 11.4. The van der Waals surface area contributed by atoms with E-state index in [9.17, 15) is 14.4 Å². The van der Waals surface area contributed by atoms with Crippen LogP contribution < -0.4 is 0 Å². The standard InChI is InChI=1S/C12H15NO5/c1-9-3-4-10(14)13(9)7-8-18-12(16)6-5-11(15)17-2/h5-6H,1,3-4,7-8H2,2H3/b6-5+. The number of ether oxygens (including phenoxy) is 2. The molecule has 0 saturated carbocycles. The van der Waals surface area contributed by atoms with Gasteiger partial charge in [0, 0.05) is 24.3 Å². The first-order valence-electron chi connectivity index (χ1n) is 5.45. The molecule has 1 fully saturated rings. The van der Waals surface area contributed by atoms with Crippen LogP contribution in [0, 0.1) is 0 Å². The van der Waals surface area contributed by atoms with Gasteiger partial charge in [0.1, 0.15) is 6.61 Å². The lowest BCUT2D eigenvalue weighted by Gasteiger charge is -2.16. The summed E-state index contributed by atoms with van der Waals surface area (Å²) < 4.78 is 9.14. The smallest absolute Gasteiger partial charge is 0.331 e. The molecule has 0 aromatic carbocycles. The number of allylic oxidation sites excluding steroid dienone is 1. The van der Waals surface area contributed by atoms with Crippen molar-refractivity contribution in [2.75, 3.05) is 20.3 Å². The number of carbonyl (C=O) groups excluding carboxylic acids is 3. The first-order valence-corrected chi connectivity index (χ1v) is 5.45. The summed E-state index contributed by atoms with van der Waals surface area (Å²) in [6, 6.07) is 0. The average Bonchev–Trinajstić information content (AvgIpc) is 2.67. The number of esters is 2. The van der Waals surface area contributed by atoms with Gasteiger partial charge in [-0.1, -0.05) is 6.58 Å². The second kappa shape index (κ2) is 6.58. The summed E-state index contributed by atoms with van der Waals surface area (Å²) in [6.45, 7) is 4.10. The Kier molecular flexibility index (Phi) is 5.10. The van der Waals surface area contributed by atoms with Crippen LogP contribution in [0.5, 0.6) is 0 Å². The van der Waals surface area contributed by atoms with E-state index in [1.54, 1.807) is 0 Å². The fraction of sp³-hybridized carbons (Fsp3) is 0.417. The van der Waals surface area contributed by atoms with Gasteiger partial charge in [-0.15, -0.1) is 0 Å². The highest BCUT2D eigenvalue weighted by atomic mass is 16.5. The molecule has 0 aromatic heterocycles. The number of hydrogen-bond acceptors (Lipinski definition) is 5. The van der Waals surface area contributed by atoms with Crippen LogP contribution in [-0.4, -0.2) is 43.0 Å². The maximum absolute atomic E-state index is 11.4. The Balaban J connectivity index is 2.27.